The van der Waals surface area contributed by atoms with Crippen molar-refractivity contribution in [2.75, 3.05) is 26.4 Å². The fraction of sp³-hybridized carbons (Fsp3) is 0.875. The highest BCUT2D eigenvalue weighted by atomic mass is 17.1. The number of nitrogens with one attached hydrogen (secondary N) is 4. The predicted molar refractivity (Wildman–Crippen MR) is 182 cm³/mol. The van der Waals surface area contributed by atoms with Crippen molar-refractivity contribution in [1.82, 2.24) is 16.0 Å². The molecule has 20 atom stereocenters. The highest BCUT2D eigenvalue weighted by Gasteiger charge is 2.56. The lowest BCUT2D eigenvalue weighted by Crippen LogP contribution is -2.89. The molecule has 58 heavy (non-hydrogen) atoms. The van der Waals surface area contributed by atoms with Gasteiger partial charge in [0.15, 0.2) is 18.9 Å². The summed E-state index contributed by atoms with van der Waals surface area (Å²) in [6, 6.07) is -6.12. The third kappa shape index (κ3) is 10.9. The number of hydrogen-bond acceptors (Lipinski definition) is 22. The zero-order valence-electron chi connectivity index (χ0n) is 31.8. The summed E-state index contributed by atoms with van der Waals surface area (Å²) in [6.45, 7) is 1.02. The van der Waals surface area contributed by atoms with Crippen LogP contribution < -0.4 is 20.9 Å². The number of ether oxygens (including phenoxy) is 7. The maximum atomic E-state index is 12.4. The molecule has 0 unspecified atom stereocenters. The van der Waals surface area contributed by atoms with Gasteiger partial charge in [-0.25, -0.2) is 4.99 Å². The summed E-state index contributed by atoms with van der Waals surface area (Å²) in [5.74, 6) is -2.45. The van der Waals surface area contributed by atoms with Crippen molar-refractivity contribution in [2.24, 2.45) is 0 Å². The smallest absolute Gasteiger partial charge is 0.365 e. The number of aliphatic hydroxyl groups is 10. The van der Waals surface area contributed by atoms with Gasteiger partial charge in [0.25, 0.3) is 0 Å². The molecular formula is C32H55N4O22+. The Morgan fingerprint density at radius 2 is 0.862 bits per heavy atom. The van der Waals surface area contributed by atoms with Gasteiger partial charge in [-0.2, -0.15) is 5.26 Å². The van der Waals surface area contributed by atoms with Gasteiger partial charge < -0.3 is 100 Å². The Hall–Kier alpha value is -2.84. The van der Waals surface area contributed by atoms with E-state index in [2.05, 4.69) is 25.8 Å². The standard InChI is InChI=1S/C32H54N4O22/c1-9(41)33-18-22(45)21(44)13(5-37)52-30(18)56-27-15(7-39)54-32(20(24(27)47)35-11(3)43)57-28-16(8-40)53-31(19(25(28)48)34-10(2)42)55-26-14(6-38)51-29(49)17(23(26)46)36-12(4)58-50/h13-32,37-40,44-50H,5-8H2,1-4H3,(H,33,41)(H,34,42)(H,35,43)/p+1/t13-,14-,15-,16-,17-,18-,19-,20-,21-,22-,23-,24-,25-,26-,27-,28-,29-,30+,31+,32+/m1/s1. The van der Waals surface area contributed by atoms with Gasteiger partial charge >= 0.3 is 5.90 Å². The zero-order chi connectivity index (χ0) is 43.2. The topological polar surface area (TPSA) is 398 Å². The lowest BCUT2D eigenvalue weighted by atomic mass is 9.93. The average Bonchev–Trinajstić information content (AvgIpc) is 3.17. The molecule has 0 aromatic carbocycles. The Morgan fingerprint density at radius 3 is 1.22 bits per heavy atom. The van der Waals surface area contributed by atoms with Crippen molar-refractivity contribution < 1.29 is 114 Å². The second-order valence-corrected chi connectivity index (χ2v) is 14.2. The van der Waals surface area contributed by atoms with E-state index in [0.717, 1.165) is 20.8 Å². The molecule has 0 aromatic rings. The number of aliphatic hydroxyl groups excluding tert-OH is 10. The van der Waals surface area contributed by atoms with Crippen molar-refractivity contribution in [2.45, 2.75) is 150 Å². The number of carbonyl (C=O) groups excluding carboxylic acids is 3. The molecule has 26 heteroatoms. The third-order valence-electron chi connectivity index (χ3n) is 9.95. The van der Waals surface area contributed by atoms with Crippen LogP contribution in [0, 0.1) is 0 Å². The summed E-state index contributed by atoms with van der Waals surface area (Å²) in [5.41, 5.74) is 0. The predicted octanol–water partition coefficient (Wildman–Crippen LogP) is -10.3. The van der Waals surface area contributed by atoms with Crippen LogP contribution in [0.3, 0.4) is 0 Å². The van der Waals surface area contributed by atoms with Crippen LogP contribution in [0.4, 0.5) is 0 Å². The second kappa shape index (κ2) is 21.1. The van der Waals surface area contributed by atoms with E-state index < -0.39 is 167 Å². The Kier molecular flexibility index (Phi) is 17.4. The first-order chi connectivity index (χ1) is 27.4. The SMILES string of the molecule is CC(=O)N[C@H]1[C@H](O[C@H]2[C@H](O)[C@@H]([NH+]=C(C)OO)[C@H](O)O[C@@H]2CO)O[C@H](CO)[C@@H](O[C@@H]2O[C@H](CO)[C@@H](O[C@@H]3O[C@H](CO)[C@@H](O)[C@H](O)[C@H]3NC(C)=O)[C@H](O)[C@H]2NC(C)=O)[C@@H]1O. The summed E-state index contributed by atoms with van der Waals surface area (Å²) >= 11 is 0. The van der Waals surface area contributed by atoms with E-state index in [4.69, 9.17) is 38.4 Å². The van der Waals surface area contributed by atoms with Crippen LogP contribution >= 0.6 is 0 Å². The molecular weight excluding hydrogens is 792 g/mol. The van der Waals surface area contributed by atoms with Crippen molar-refractivity contribution in [3.8, 4) is 0 Å². The molecule has 4 saturated heterocycles. The highest BCUT2D eigenvalue weighted by molar-refractivity contribution is 5.74. The number of hydrogen-bond donors (Lipinski definition) is 15. The molecule has 0 aromatic heterocycles. The van der Waals surface area contributed by atoms with Crippen LogP contribution in [0.1, 0.15) is 27.7 Å². The minimum Gasteiger partial charge on any atom is -0.394 e. The van der Waals surface area contributed by atoms with Gasteiger partial charge in [-0.05, 0) is 0 Å². The van der Waals surface area contributed by atoms with Crippen LogP contribution in [0.15, 0.2) is 0 Å². The summed E-state index contributed by atoms with van der Waals surface area (Å²) in [4.78, 5) is 43.3. The zero-order valence-corrected chi connectivity index (χ0v) is 31.8. The fourth-order valence-corrected chi connectivity index (χ4v) is 7.20. The van der Waals surface area contributed by atoms with Crippen LogP contribution in [0.2, 0.25) is 0 Å². The molecule has 0 radical (unpaired) electrons. The van der Waals surface area contributed by atoms with E-state index in [-0.39, 0.29) is 5.90 Å². The van der Waals surface area contributed by atoms with E-state index in [0.29, 0.717) is 0 Å². The number of carbonyl (C=O) groups is 3. The van der Waals surface area contributed by atoms with Gasteiger partial charge in [-0.1, -0.05) is 0 Å². The Bertz CT molecular complexity index is 1400. The van der Waals surface area contributed by atoms with Crippen LogP contribution in [0.25, 0.3) is 0 Å². The van der Waals surface area contributed by atoms with Gasteiger partial charge in [-0.3, -0.25) is 19.3 Å². The van der Waals surface area contributed by atoms with Crippen LogP contribution in [0.5, 0.6) is 0 Å². The largest absolute Gasteiger partial charge is 0.394 e. The summed E-state index contributed by atoms with van der Waals surface area (Å²) in [6.07, 6.45) is -26.9. The maximum Gasteiger partial charge on any atom is 0.365 e. The van der Waals surface area contributed by atoms with E-state index in [1.54, 1.807) is 0 Å². The minimum absolute atomic E-state index is 0.270. The fourth-order valence-electron chi connectivity index (χ4n) is 7.20. The number of rotatable bonds is 14. The Balaban J connectivity index is 1.61. The van der Waals surface area contributed by atoms with Crippen molar-refractivity contribution in [1.29, 1.82) is 0 Å². The van der Waals surface area contributed by atoms with E-state index in [1.807, 2.05) is 0 Å². The summed E-state index contributed by atoms with van der Waals surface area (Å²) < 4.78 is 40.7. The van der Waals surface area contributed by atoms with Gasteiger partial charge in [0.1, 0.15) is 91.4 Å². The number of amides is 3. The van der Waals surface area contributed by atoms with E-state index in [9.17, 15) is 65.4 Å². The molecule has 3 amide bonds. The lowest BCUT2D eigenvalue weighted by molar-refractivity contribution is -0.573. The molecule has 4 aliphatic heterocycles. The highest BCUT2D eigenvalue weighted by Crippen LogP contribution is 2.34. The molecule has 334 valence electrons. The molecule has 4 fully saturated rings. The monoisotopic (exact) mass is 847 g/mol. The average molecular weight is 848 g/mol. The second-order valence-electron chi connectivity index (χ2n) is 14.2. The Labute approximate surface area is 330 Å². The van der Waals surface area contributed by atoms with Gasteiger partial charge in [0, 0.05) is 20.8 Å². The molecule has 0 aliphatic carbocycles. The molecule has 26 nitrogen and oxygen atoms in total. The van der Waals surface area contributed by atoms with Gasteiger partial charge in [0.2, 0.25) is 30.1 Å². The molecule has 0 bridgehead atoms. The molecule has 15 N–H and O–H groups in total. The van der Waals surface area contributed by atoms with E-state index in [1.165, 1.54) is 6.92 Å². The molecule has 4 heterocycles. The molecule has 4 aliphatic rings. The van der Waals surface area contributed by atoms with Crippen LogP contribution in [-0.4, -0.2) is 229 Å². The van der Waals surface area contributed by atoms with Crippen molar-refractivity contribution in [3.63, 3.8) is 0 Å². The third-order valence-corrected chi connectivity index (χ3v) is 9.95. The summed E-state index contributed by atoms with van der Waals surface area (Å²) in [7, 11) is 0. The molecule has 0 saturated carbocycles. The van der Waals surface area contributed by atoms with Crippen molar-refractivity contribution >= 4 is 23.6 Å². The first kappa shape index (κ1) is 47.8. The van der Waals surface area contributed by atoms with E-state index >= 15 is 0 Å². The quantitative estimate of drug-likeness (QED) is 0.0334. The van der Waals surface area contributed by atoms with Crippen LogP contribution in [-0.2, 0) is 52.4 Å². The van der Waals surface area contributed by atoms with Gasteiger partial charge in [-0.15, -0.1) is 0 Å². The van der Waals surface area contributed by atoms with Crippen molar-refractivity contribution in [3.05, 3.63) is 0 Å². The Morgan fingerprint density at radius 1 is 0.517 bits per heavy atom. The summed E-state index contributed by atoms with van der Waals surface area (Å²) in [5, 5.41) is 123. The normalized spacial score (nSPS) is 43.6. The maximum absolute atomic E-state index is 12.4. The van der Waals surface area contributed by atoms with Gasteiger partial charge in [0.05, 0.1) is 33.4 Å². The minimum atomic E-state index is -1.90. The first-order valence-corrected chi connectivity index (χ1v) is 18.2. The lowest BCUT2D eigenvalue weighted by Gasteiger charge is -2.50. The first-order valence-electron chi connectivity index (χ1n) is 18.2. The molecule has 4 rings (SSSR count). The molecule has 0 spiro atoms.